The molecular formula is C14H8F3N. The van der Waals surface area contributed by atoms with Crippen LogP contribution in [0.2, 0.25) is 0 Å². The highest BCUT2D eigenvalue weighted by molar-refractivity contribution is 5.65. The van der Waals surface area contributed by atoms with Crippen LogP contribution in [0.4, 0.5) is 13.2 Å². The lowest BCUT2D eigenvalue weighted by atomic mass is 10.0. The summed E-state index contributed by atoms with van der Waals surface area (Å²) >= 11 is 0. The number of halogens is 3. The molecule has 0 spiro atoms. The predicted octanol–water partition coefficient (Wildman–Crippen LogP) is 3.84. The van der Waals surface area contributed by atoms with Crippen LogP contribution < -0.4 is 0 Å². The molecule has 0 heterocycles. The van der Waals surface area contributed by atoms with E-state index in [0.717, 1.165) is 24.3 Å². The highest BCUT2D eigenvalue weighted by atomic mass is 19.1. The standard InChI is InChI=1S/C14H8F3N/c15-10-2-4-13(16)12(8-10)11-3-1-9(5-6-18)7-14(11)17/h1-4,7-8H,5H2. The molecule has 0 unspecified atom stereocenters. The van der Waals surface area contributed by atoms with Gasteiger partial charge in [-0.25, -0.2) is 13.2 Å². The third-order valence-corrected chi connectivity index (χ3v) is 2.54. The van der Waals surface area contributed by atoms with E-state index in [1.54, 1.807) is 0 Å². The van der Waals surface area contributed by atoms with Crippen LogP contribution in [0, 0.1) is 28.8 Å². The molecule has 0 atom stereocenters. The summed E-state index contributed by atoms with van der Waals surface area (Å²) in [5.41, 5.74) is 0.347. The van der Waals surface area contributed by atoms with Crippen molar-refractivity contribution < 1.29 is 13.2 Å². The summed E-state index contributed by atoms with van der Waals surface area (Å²) in [5.74, 6) is -2.00. The summed E-state index contributed by atoms with van der Waals surface area (Å²) in [6.45, 7) is 0. The largest absolute Gasteiger partial charge is 0.207 e. The van der Waals surface area contributed by atoms with Crippen LogP contribution in [0.1, 0.15) is 5.56 Å². The molecule has 0 aliphatic carbocycles. The summed E-state index contributed by atoms with van der Waals surface area (Å²) in [5, 5.41) is 8.50. The summed E-state index contributed by atoms with van der Waals surface area (Å²) in [6, 6.07) is 8.78. The van der Waals surface area contributed by atoms with Gasteiger partial charge in [0.05, 0.1) is 12.5 Å². The van der Waals surface area contributed by atoms with Crippen LogP contribution in [-0.2, 0) is 6.42 Å². The Morgan fingerprint density at radius 2 is 1.67 bits per heavy atom. The lowest BCUT2D eigenvalue weighted by Crippen LogP contribution is -1.92. The van der Waals surface area contributed by atoms with Crippen molar-refractivity contribution in [3.05, 3.63) is 59.4 Å². The normalized spacial score (nSPS) is 10.1. The summed E-state index contributed by atoms with van der Waals surface area (Å²) < 4.78 is 40.3. The molecule has 18 heavy (non-hydrogen) atoms. The van der Waals surface area contributed by atoms with Gasteiger partial charge in [0.1, 0.15) is 17.5 Å². The van der Waals surface area contributed by atoms with E-state index in [2.05, 4.69) is 0 Å². The third-order valence-electron chi connectivity index (χ3n) is 2.54. The average Bonchev–Trinajstić information content (AvgIpc) is 2.33. The number of hydrogen-bond donors (Lipinski definition) is 0. The van der Waals surface area contributed by atoms with Gasteiger partial charge in [0.15, 0.2) is 0 Å². The van der Waals surface area contributed by atoms with Crippen molar-refractivity contribution in [2.45, 2.75) is 6.42 Å². The molecule has 1 nitrogen and oxygen atoms in total. The highest BCUT2D eigenvalue weighted by Crippen LogP contribution is 2.27. The molecule has 0 amide bonds. The van der Waals surface area contributed by atoms with Gasteiger partial charge >= 0.3 is 0 Å². The minimum absolute atomic E-state index is 0.0197. The number of nitriles is 1. The fraction of sp³-hybridized carbons (Fsp3) is 0.0714. The van der Waals surface area contributed by atoms with Crippen LogP contribution >= 0.6 is 0 Å². The van der Waals surface area contributed by atoms with E-state index in [0.29, 0.717) is 5.56 Å². The molecule has 4 heteroatoms. The van der Waals surface area contributed by atoms with E-state index in [1.165, 1.54) is 12.1 Å². The summed E-state index contributed by atoms with van der Waals surface area (Å²) in [4.78, 5) is 0. The van der Waals surface area contributed by atoms with E-state index in [9.17, 15) is 13.2 Å². The summed E-state index contributed by atoms with van der Waals surface area (Å²) in [6.07, 6.45) is 0.0723. The van der Waals surface area contributed by atoms with E-state index < -0.39 is 17.5 Å². The van der Waals surface area contributed by atoms with Crippen LogP contribution in [0.5, 0.6) is 0 Å². The van der Waals surface area contributed by atoms with E-state index >= 15 is 0 Å². The quantitative estimate of drug-likeness (QED) is 0.791. The van der Waals surface area contributed by atoms with Crippen molar-refractivity contribution in [3.8, 4) is 17.2 Å². The molecule has 0 radical (unpaired) electrons. The maximum atomic E-state index is 13.8. The monoisotopic (exact) mass is 247 g/mol. The molecule has 2 aromatic carbocycles. The van der Waals surface area contributed by atoms with E-state index in [-0.39, 0.29) is 17.5 Å². The molecule has 2 aromatic rings. The smallest absolute Gasteiger partial charge is 0.131 e. The molecule has 0 bridgehead atoms. The minimum Gasteiger partial charge on any atom is -0.207 e. The van der Waals surface area contributed by atoms with Gasteiger partial charge in [0.25, 0.3) is 0 Å². The fourth-order valence-corrected chi connectivity index (χ4v) is 1.68. The number of hydrogen-bond acceptors (Lipinski definition) is 1. The van der Waals surface area contributed by atoms with Crippen LogP contribution in [-0.4, -0.2) is 0 Å². The molecule has 0 aromatic heterocycles. The molecule has 90 valence electrons. The zero-order valence-electron chi connectivity index (χ0n) is 9.25. The van der Waals surface area contributed by atoms with Crippen molar-refractivity contribution in [1.29, 1.82) is 5.26 Å². The zero-order valence-corrected chi connectivity index (χ0v) is 9.25. The molecule has 2 rings (SSSR count). The van der Waals surface area contributed by atoms with Crippen molar-refractivity contribution in [3.63, 3.8) is 0 Å². The van der Waals surface area contributed by atoms with Gasteiger partial charge in [0, 0.05) is 11.1 Å². The Hall–Kier alpha value is -2.28. The molecule has 0 aliphatic heterocycles. The first-order valence-corrected chi connectivity index (χ1v) is 5.22. The second-order valence-corrected chi connectivity index (χ2v) is 3.77. The molecular weight excluding hydrogens is 239 g/mol. The van der Waals surface area contributed by atoms with Gasteiger partial charge < -0.3 is 0 Å². The second kappa shape index (κ2) is 4.92. The molecule has 0 saturated carbocycles. The topological polar surface area (TPSA) is 23.8 Å². The number of nitrogens with zero attached hydrogens (tertiary/aromatic N) is 1. The second-order valence-electron chi connectivity index (χ2n) is 3.77. The highest BCUT2D eigenvalue weighted by Gasteiger charge is 2.11. The first-order valence-electron chi connectivity index (χ1n) is 5.22. The first kappa shape index (κ1) is 12.2. The van der Waals surface area contributed by atoms with Crippen molar-refractivity contribution in [2.24, 2.45) is 0 Å². The lowest BCUT2D eigenvalue weighted by molar-refractivity contribution is 0.597. The van der Waals surface area contributed by atoms with Crippen molar-refractivity contribution >= 4 is 0 Å². The first-order chi connectivity index (χ1) is 8.61. The third kappa shape index (κ3) is 2.35. The zero-order chi connectivity index (χ0) is 13.1. The Bertz CT molecular complexity index is 629. The number of rotatable bonds is 2. The van der Waals surface area contributed by atoms with Crippen LogP contribution in [0.3, 0.4) is 0 Å². The Kier molecular flexibility index (Phi) is 3.33. The van der Waals surface area contributed by atoms with Crippen LogP contribution in [0.25, 0.3) is 11.1 Å². The lowest BCUT2D eigenvalue weighted by Gasteiger charge is -2.06. The average molecular weight is 247 g/mol. The van der Waals surface area contributed by atoms with Gasteiger partial charge in [-0.05, 0) is 29.8 Å². The maximum absolute atomic E-state index is 13.8. The maximum Gasteiger partial charge on any atom is 0.131 e. The minimum atomic E-state index is -0.691. The Labute approximate surface area is 102 Å². The van der Waals surface area contributed by atoms with Gasteiger partial charge in [-0.1, -0.05) is 12.1 Å². The molecule has 0 fully saturated rings. The van der Waals surface area contributed by atoms with Crippen molar-refractivity contribution in [1.82, 2.24) is 0 Å². The molecule has 0 aliphatic rings. The van der Waals surface area contributed by atoms with Gasteiger partial charge in [-0.2, -0.15) is 5.26 Å². The Morgan fingerprint density at radius 1 is 0.889 bits per heavy atom. The number of benzene rings is 2. The SMILES string of the molecule is N#CCc1ccc(-c2cc(F)ccc2F)c(F)c1. The predicted molar refractivity (Wildman–Crippen MR) is 61.1 cm³/mol. The Morgan fingerprint density at radius 3 is 2.33 bits per heavy atom. The van der Waals surface area contributed by atoms with Gasteiger partial charge in [-0.15, -0.1) is 0 Å². The molecule has 0 N–H and O–H groups in total. The van der Waals surface area contributed by atoms with Crippen molar-refractivity contribution in [2.75, 3.05) is 0 Å². The molecule has 0 saturated heterocycles. The van der Waals surface area contributed by atoms with Gasteiger partial charge in [-0.3, -0.25) is 0 Å². The van der Waals surface area contributed by atoms with E-state index in [4.69, 9.17) is 5.26 Å². The van der Waals surface area contributed by atoms with Crippen LogP contribution in [0.15, 0.2) is 36.4 Å². The van der Waals surface area contributed by atoms with Gasteiger partial charge in [0.2, 0.25) is 0 Å². The fourth-order valence-electron chi connectivity index (χ4n) is 1.68. The van der Waals surface area contributed by atoms with E-state index in [1.807, 2.05) is 6.07 Å². The summed E-state index contributed by atoms with van der Waals surface area (Å²) in [7, 11) is 0. The Balaban J connectivity index is 2.51.